The summed E-state index contributed by atoms with van der Waals surface area (Å²) in [6.45, 7) is 11.1. The molecule has 2 N–H and O–H groups in total. The quantitative estimate of drug-likeness (QED) is 0.312. The molecule has 2 atom stereocenters. The molecule has 0 saturated heterocycles. The van der Waals surface area contributed by atoms with E-state index in [9.17, 15) is 0 Å². The first-order chi connectivity index (χ1) is 8.21. The molecule has 1 rings (SSSR count). The summed E-state index contributed by atoms with van der Waals surface area (Å²) in [7, 11) is 1.84. The van der Waals surface area contributed by atoms with Crippen molar-refractivity contribution < 1.29 is 0 Å². The van der Waals surface area contributed by atoms with Crippen LogP contribution in [0.3, 0.4) is 0 Å². The maximum absolute atomic E-state index is 4.24. The lowest BCUT2D eigenvalue weighted by atomic mass is 10.3. The fourth-order valence-electron chi connectivity index (χ4n) is 1.94. The van der Waals surface area contributed by atoms with Crippen LogP contribution in [-0.2, 0) is 0 Å². The summed E-state index contributed by atoms with van der Waals surface area (Å²) < 4.78 is 0. The Morgan fingerprint density at radius 3 is 2.39 bits per heavy atom. The summed E-state index contributed by atoms with van der Waals surface area (Å²) in [6, 6.07) is 0.643. The molecule has 0 aromatic heterocycles. The zero-order valence-corrected chi connectivity index (χ0v) is 14.5. The van der Waals surface area contributed by atoms with Gasteiger partial charge in [0, 0.05) is 19.6 Å². The number of hydrogen-bond acceptors (Lipinski definition) is 2. The second-order valence-corrected chi connectivity index (χ2v) is 4.84. The van der Waals surface area contributed by atoms with Crippen LogP contribution in [0.4, 0.5) is 0 Å². The van der Waals surface area contributed by atoms with Crippen molar-refractivity contribution in [1.29, 1.82) is 0 Å². The molecule has 18 heavy (non-hydrogen) atoms. The lowest BCUT2D eigenvalue weighted by Crippen LogP contribution is -2.40. The van der Waals surface area contributed by atoms with Gasteiger partial charge in [0.1, 0.15) is 0 Å². The van der Waals surface area contributed by atoms with Crippen LogP contribution in [-0.4, -0.2) is 50.1 Å². The Hall–Kier alpha value is -0.0400. The summed E-state index contributed by atoms with van der Waals surface area (Å²) in [6.07, 6.45) is 2.45. The Labute approximate surface area is 129 Å². The van der Waals surface area contributed by atoms with E-state index in [1.54, 1.807) is 0 Å². The number of nitrogens with one attached hydrogen (secondary N) is 2. The van der Waals surface area contributed by atoms with Crippen LogP contribution in [0.15, 0.2) is 4.99 Å². The molecule has 4 nitrogen and oxygen atoms in total. The first-order valence-electron chi connectivity index (χ1n) is 6.90. The summed E-state index contributed by atoms with van der Waals surface area (Å²) >= 11 is 0. The topological polar surface area (TPSA) is 39.7 Å². The molecule has 108 valence electrons. The molecule has 1 saturated carbocycles. The predicted molar refractivity (Wildman–Crippen MR) is 89.9 cm³/mol. The average Bonchev–Trinajstić information content (AvgIpc) is 3.03. The number of aliphatic imine (C=N–C) groups is 1. The lowest BCUT2D eigenvalue weighted by molar-refractivity contribution is 0.300. The van der Waals surface area contributed by atoms with Gasteiger partial charge in [-0.25, -0.2) is 0 Å². The van der Waals surface area contributed by atoms with Gasteiger partial charge in [-0.3, -0.25) is 4.99 Å². The Bertz CT molecular complexity index is 241. The lowest BCUT2D eigenvalue weighted by Gasteiger charge is -2.18. The summed E-state index contributed by atoms with van der Waals surface area (Å²) in [4.78, 5) is 6.69. The van der Waals surface area contributed by atoms with E-state index in [1.165, 1.54) is 12.8 Å². The molecular weight excluding hydrogens is 339 g/mol. The largest absolute Gasteiger partial charge is 0.356 e. The third-order valence-corrected chi connectivity index (χ3v) is 3.49. The monoisotopic (exact) mass is 368 g/mol. The molecule has 1 aliphatic carbocycles. The molecule has 0 aromatic rings. The summed E-state index contributed by atoms with van der Waals surface area (Å²) in [5, 5.41) is 6.81. The number of hydrogen-bond donors (Lipinski definition) is 2. The highest BCUT2D eigenvalue weighted by Gasteiger charge is 2.33. The van der Waals surface area contributed by atoms with Gasteiger partial charge >= 0.3 is 0 Å². The molecule has 0 spiro atoms. The highest BCUT2D eigenvalue weighted by molar-refractivity contribution is 14.0. The Kier molecular flexibility index (Phi) is 9.81. The van der Waals surface area contributed by atoms with Crippen LogP contribution in [0.1, 0.15) is 33.6 Å². The molecule has 0 aromatic carbocycles. The SMILES string of the molecule is CCN(CC)CCCNC(=NC)NC1CC1C.I. The third kappa shape index (κ3) is 6.78. The van der Waals surface area contributed by atoms with Crippen molar-refractivity contribution in [2.75, 3.05) is 33.2 Å². The number of nitrogens with zero attached hydrogens (tertiary/aromatic N) is 2. The van der Waals surface area contributed by atoms with Gasteiger partial charge in [-0.05, 0) is 38.4 Å². The summed E-state index contributed by atoms with van der Waals surface area (Å²) in [5.74, 6) is 1.77. The molecule has 0 radical (unpaired) electrons. The molecule has 0 aliphatic heterocycles. The fourth-order valence-corrected chi connectivity index (χ4v) is 1.94. The highest BCUT2D eigenvalue weighted by Crippen LogP contribution is 2.28. The first kappa shape index (κ1) is 18.0. The van der Waals surface area contributed by atoms with Crippen LogP contribution in [0, 0.1) is 5.92 Å². The first-order valence-corrected chi connectivity index (χ1v) is 6.90. The van der Waals surface area contributed by atoms with E-state index in [1.807, 2.05) is 7.05 Å². The predicted octanol–water partition coefficient (Wildman–Crippen LogP) is 1.91. The summed E-state index contributed by atoms with van der Waals surface area (Å²) in [5.41, 5.74) is 0. The van der Waals surface area contributed by atoms with Crippen molar-refractivity contribution in [3.8, 4) is 0 Å². The standard InChI is InChI=1S/C13H28N4.HI/c1-5-17(6-2)9-7-8-15-13(14-4)16-12-10-11(12)3;/h11-12H,5-10H2,1-4H3,(H2,14,15,16);1H. The van der Waals surface area contributed by atoms with E-state index in [0.29, 0.717) is 6.04 Å². The molecular formula is C13H29IN4. The molecule has 0 amide bonds. The average molecular weight is 368 g/mol. The van der Waals surface area contributed by atoms with Gasteiger partial charge in [0.05, 0.1) is 0 Å². The van der Waals surface area contributed by atoms with E-state index >= 15 is 0 Å². The number of guanidine groups is 1. The van der Waals surface area contributed by atoms with Crippen molar-refractivity contribution >= 4 is 29.9 Å². The molecule has 1 fully saturated rings. The van der Waals surface area contributed by atoms with Crippen molar-refractivity contribution in [2.45, 2.75) is 39.7 Å². The zero-order valence-electron chi connectivity index (χ0n) is 12.2. The number of rotatable bonds is 7. The van der Waals surface area contributed by atoms with Crippen molar-refractivity contribution in [2.24, 2.45) is 10.9 Å². The minimum absolute atomic E-state index is 0. The maximum atomic E-state index is 4.24. The molecule has 0 heterocycles. The van der Waals surface area contributed by atoms with E-state index < -0.39 is 0 Å². The molecule has 5 heteroatoms. The maximum Gasteiger partial charge on any atom is 0.191 e. The number of halogens is 1. The van der Waals surface area contributed by atoms with E-state index in [-0.39, 0.29) is 24.0 Å². The fraction of sp³-hybridized carbons (Fsp3) is 0.923. The van der Waals surface area contributed by atoms with Crippen LogP contribution in [0.25, 0.3) is 0 Å². The van der Waals surface area contributed by atoms with Crippen molar-refractivity contribution in [3.63, 3.8) is 0 Å². The van der Waals surface area contributed by atoms with Gasteiger partial charge in [0.15, 0.2) is 5.96 Å². The Balaban J connectivity index is 0.00000289. The van der Waals surface area contributed by atoms with Crippen LogP contribution < -0.4 is 10.6 Å². The Morgan fingerprint density at radius 1 is 1.33 bits per heavy atom. The molecule has 1 aliphatic rings. The van der Waals surface area contributed by atoms with E-state index in [0.717, 1.165) is 38.1 Å². The molecule has 0 bridgehead atoms. The minimum atomic E-state index is 0. The van der Waals surface area contributed by atoms with Crippen LogP contribution in [0.2, 0.25) is 0 Å². The van der Waals surface area contributed by atoms with Crippen molar-refractivity contribution in [3.05, 3.63) is 0 Å². The van der Waals surface area contributed by atoms with Crippen LogP contribution in [0.5, 0.6) is 0 Å². The van der Waals surface area contributed by atoms with Gasteiger partial charge in [-0.2, -0.15) is 0 Å². The Morgan fingerprint density at radius 2 is 1.94 bits per heavy atom. The molecule has 2 unspecified atom stereocenters. The van der Waals surface area contributed by atoms with Gasteiger partial charge in [-0.1, -0.05) is 20.8 Å². The van der Waals surface area contributed by atoms with Gasteiger partial charge in [0.25, 0.3) is 0 Å². The van der Waals surface area contributed by atoms with E-state index in [2.05, 4.69) is 41.3 Å². The second-order valence-electron chi connectivity index (χ2n) is 4.84. The highest BCUT2D eigenvalue weighted by atomic mass is 127. The third-order valence-electron chi connectivity index (χ3n) is 3.49. The second kappa shape index (κ2) is 9.83. The van der Waals surface area contributed by atoms with Crippen molar-refractivity contribution in [1.82, 2.24) is 15.5 Å². The van der Waals surface area contributed by atoms with Gasteiger partial charge < -0.3 is 15.5 Å². The zero-order chi connectivity index (χ0) is 12.7. The van der Waals surface area contributed by atoms with E-state index in [4.69, 9.17) is 0 Å². The van der Waals surface area contributed by atoms with Crippen LogP contribution >= 0.6 is 24.0 Å². The normalized spacial score (nSPS) is 22.6. The van der Waals surface area contributed by atoms with Gasteiger partial charge in [0.2, 0.25) is 0 Å². The minimum Gasteiger partial charge on any atom is -0.356 e. The smallest absolute Gasteiger partial charge is 0.191 e. The van der Waals surface area contributed by atoms with Gasteiger partial charge in [-0.15, -0.1) is 24.0 Å².